The molecule has 0 aromatic carbocycles. The first-order chi connectivity index (χ1) is 7.06. The van der Waals surface area contributed by atoms with Crippen LogP contribution in [0.1, 0.15) is 13.3 Å². The van der Waals surface area contributed by atoms with E-state index in [1.54, 1.807) is 6.92 Å². The van der Waals surface area contributed by atoms with Gasteiger partial charge in [0.1, 0.15) is 0 Å². The SMILES string of the molecule is C=C1CC(=O)N(COC(=O)OCC)C1=O. The molecule has 6 heteroatoms. The lowest BCUT2D eigenvalue weighted by Crippen LogP contribution is -2.33. The summed E-state index contributed by atoms with van der Waals surface area (Å²) in [6.07, 6.45) is -0.930. The molecule has 1 heterocycles. The molecule has 2 amide bonds. The summed E-state index contributed by atoms with van der Waals surface area (Å²) in [6.45, 7) is 4.79. The molecule has 0 radical (unpaired) electrons. The fraction of sp³-hybridized carbons (Fsp3) is 0.444. The number of likely N-dealkylation sites (tertiary alicyclic amines) is 1. The van der Waals surface area contributed by atoms with E-state index in [4.69, 9.17) is 0 Å². The van der Waals surface area contributed by atoms with E-state index in [1.165, 1.54) is 0 Å². The molecule has 0 unspecified atom stereocenters. The van der Waals surface area contributed by atoms with Gasteiger partial charge in [-0.2, -0.15) is 0 Å². The van der Waals surface area contributed by atoms with Gasteiger partial charge in [-0.25, -0.2) is 9.69 Å². The maximum atomic E-state index is 11.3. The largest absolute Gasteiger partial charge is 0.510 e. The summed E-state index contributed by atoms with van der Waals surface area (Å²) in [7, 11) is 0. The topological polar surface area (TPSA) is 72.9 Å². The Morgan fingerprint density at radius 2 is 2.13 bits per heavy atom. The van der Waals surface area contributed by atoms with Crippen molar-refractivity contribution in [3.8, 4) is 0 Å². The molecular formula is C9H11NO5. The third-order valence-corrected chi connectivity index (χ3v) is 1.79. The number of imide groups is 1. The molecule has 1 aliphatic heterocycles. The van der Waals surface area contributed by atoms with Crippen LogP contribution in [-0.4, -0.2) is 36.2 Å². The number of rotatable bonds is 3. The average molecular weight is 213 g/mol. The highest BCUT2D eigenvalue weighted by Gasteiger charge is 2.33. The van der Waals surface area contributed by atoms with Crippen molar-refractivity contribution in [2.24, 2.45) is 0 Å². The molecule has 0 atom stereocenters. The van der Waals surface area contributed by atoms with Crippen molar-refractivity contribution < 1.29 is 23.9 Å². The summed E-state index contributed by atoms with van der Waals surface area (Å²) >= 11 is 0. The Morgan fingerprint density at radius 1 is 1.47 bits per heavy atom. The zero-order valence-corrected chi connectivity index (χ0v) is 8.32. The number of nitrogens with zero attached hydrogens (tertiary/aromatic N) is 1. The van der Waals surface area contributed by atoms with E-state index < -0.39 is 24.7 Å². The van der Waals surface area contributed by atoms with Gasteiger partial charge in [-0.15, -0.1) is 0 Å². The molecule has 0 aliphatic carbocycles. The second kappa shape index (κ2) is 4.59. The van der Waals surface area contributed by atoms with E-state index in [-0.39, 0.29) is 18.6 Å². The Hall–Kier alpha value is -1.85. The standard InChI is InChI=1S/C9H11NO5/c1-3-14-9(13)15-5-10-7(11)4-6(2)8(10)12/h2-5H2,1H3. The zero-order chi connectivity index (χ0) is 11.4. The molecule has 0 N–H and O–H groups in total. The van der Waals surface area contributed by atoms with Crippen LogP contribution in [0.5, 0.6) is 0 Å². The lowest BCUT2D eigenvalue weighted by Gasteiger charge is -2.12. The minimum absolute atomic E-state index is 0.0228. The van der Waals surface area contributed by atoms with Crippen LogP contribution in [0.2, 0.25) is 0 Å². The third kappa shape index (κ3) is 2.55. The molecule has 0 spiro atoms. The van der Waals surface area contributed by atoms with E-state index in [0.717, 1.165) is 4.90 Å². The molecule has 6 nitrogen and oxygen atoms in total. The van der Waals surface area contributed by atoms with Gasteiger partial charge in [0, 0.05) is 5.57 Å². The number of carbonyl (C=O) groups excluding carboxylic acids is 3. The molecule has 82 valence electrons. The van der Waals surface area contributed by atoms with E-state index in [0.29, 0.717) is 0 Å². The minimum Gasteiger partial charge on any atom is -0.435 e. The van der Waals surface area contributed by atoms with Gasteiger partial charge in [0.15, 0.2) is 6.73 Å². The Balaban J connectivity index is 2.45. The predicted octanol–water partition coefficient (Wildman–Crippen LogP) is 0.432. The van der Waals surface area contributed by atoms with Crippen molar-refractivity contribution in [2.45, 2.75) is 13.3 Å². The van der Waals surface area contributed by atoms with Gasteiger partial charge in [0.05, 0.1) is 13.0 Å². The van der Waals surface area contributed by atoms with Crippen LogP contribution in [0.15, 0.2) is 12.2 Å². The third-order valence-electron chi connectivity index (χ3n) is 1.79. The molecule has 1 fully saturated rings. The molecule has 0 aromatic rings. The number of amides is 2. The molecule has 1 aliphatic rings. The van der Waals surface area contributed by atoms with Crippen LogP contribution in [0.4, 0.5) is 4.79 Å². The van der Waals surface area contributed by atoms with E-state index in [9.17, 15) is 14.4 Å². The van der Waals surface area contributed by atoms with Crippen LogP contribution < -0.4 is 0 Å². The summed E-state index contributed by atoms with van der Waals surface area (Å²) in [4.78, 5) is 34.0. The van der Waals surface area contributed by atoms with Gasteiger partial charge >= 0.3 is 6.16 Å². The van der Waals surface area contributed by atoms with Gasteiger partial charge < -0.3 is 9.47 Å². The smallest absolute Gasteiger partial charge is 0.435 e. The number of ether oxygens (including phenoxy) is 2. The van der Waals surface area contributed by atoms with Crippen molar-refractivity contribution in [1.82, 2.24) is 4.90 Å². The quantitative estimate of drug-likeness (QED) is 0.386. The van der Waals surface area contributed by atoms with Crippen LogP contribution in [0.25, 0.3) is 0 Å². The van der Waals surface area contributed by atoms with Gasteiger partial charge in [-0.3, -0.25) is 9.59 Å². The first-order valence-electron chi connectivity index (χ1n) is 4.38. The summed E-state index contributed by atoms with van der Waals surface area (Å²) in [6, 6.07) is 0. The van der Waals surface area contributed by atoms with Crippen LogP contribution >= 0.6 is 0 Å². The maximum Gasteiger partial charge on any atom is 0.510 e. The highest BCUT2D eigenvalue weighted by atomic mass is 16.7. The molecule has 0 bridgehead atoms. The van der Waals surface area contributed by atoms with Crippen molar-refractivity contribution in [2.75, 3.05) is 13.3 Å². The molecule has 1 saturated heterocycles. The monoisotopic (exact) mass is 213 g/mol. The first kappa shape index (κ1) is 11.2. The summed E-state index contributed by atoms with van der Waals surface area (Å²) in [5.41, 5.74) is 0.201. The second-order valence-electron chi connectivity index (χ2n) is 2.86. The van der Waals surface area contributed by atoms with Crippen LogP contribution in [0.3, 0.4) is 0 Å². The van der Waals surface area contributed by atoms with Crippen molar-refractivity contribution >= 4 is 18.0 Å². The lowest BCUT2D eigenvalue weighted by molar-refractivity contribution is -0.142. The summed E-state index contributed by atoms with van der Waals surface area (Å²) in [5.74, 6) is -0.932. The Kier molecular flexibility index (Phi) is 3.43. The molecule has 1 rings (SSSR count). The van der Waals surface area contributed by atoms with Gasteiger partial charge in [0.25, 0.3) is 5.91 Å². The predicted molar refractivity (Wildman–Crippen MR) is 48.6 cm³/mol. The van der Waals surface area contributed by atoms with Crippen molar-refractivity contribution in [3.05, 3.63) is 12.2 Å². The molecular weight excluding hydrogens is 202 g/mol. The Bertz CT molecular complexity index is 322. The first-order valence-corrected chi connectivity index (χ1v) is 4.38. The molecule has 0 aromatic heterocycles. The van der Waals surface area contributed by atoms with Gasteiger partial charge in [-0.1, -0.05) is 6.58 Å². The summed E-state index contributed by atoms with van der Waals surface area (Å²) < 4.78 is 9.00. The fourth-order valence-corrected chi connectivity index (χ4v) is 1.07. The highest BCUT2D eigenvalue weighted by molar-refractivity contribution is 6.12. The van der Waals surface area contributed by atoms with Crippen LogP contribution in [0, 0.1) is 0 Å². The van der Waals surface area contributed by atoms with Crippen LogP contribution in [-0.2, 0) is 19.1 Å². The number of hydrogen-bond donors (Lipinski definition) is 0. The molecule has 15 heavy (non-hydrogen) atoms. The number of hydrogen-bond acceptors (Lipinski definition) is 5. The van der Waals surface area contributed by atoms with E-state index in [1.807, 2.05) is 0 Å². The average Bonchev–Trinajstić information content (AvgIpc) is 2.40. The second-order valence-corrected chi connectivity index (χ2v) is 2.86. The van der Waals surface area contributed by atoms with Gasteiger partial charge in [0.2, 0.25) is 5.91 Å². The number of carbonyl (C=O) groups is 3. The van der Waals surface area contributed by atoms with Crippen molar-refractivity contribution in [1.29, 1.82) is 0 Å². The fourth-order valence-electron chi connectivity index (χ4n) is 1.07. The highest BCUT2D eigenvalue weighted by Crippen LogP contribution is 2.16. The van der Waals surface area contributed by atoms with Crippen molar-refractivity contribution in [3.63, 3.8) is 0 Å². The lowest BCUT2D eigenvalue weighted by atomic mass is 10.3. The van der Waals surface area contributed by atoms with Gasteiger partial charge in [-0.05, 0) is 6.92 Å². The van der Waals surface area contributed by atoms with E-state index in [2.05, 4.69) is 16.1 Å². The zero-order valence-electron chi connectivity index (χ0n) is 8.32. The van der Waals surface area contributed by atoms with E-state index >= 15 is 0 Å². The Morgan fingerprint density at radius 3 is 2.60 bits per heavy atom. The Labute approximate surface area is 86.4 Å². The summed E-state index contributed by atoms with van der Waals surface area (Å²) in [5, 5.41) is 0. The minimum atomic E-state index is -0.907. The maximum absolute atomic E-state index is 11.3. The molecule has 0 saturated carbocycles. The normalized spacial score (nSPS) is 15.8.